The molecule has 3 aliphatic carbocycles. The van der Waals surface area contributed by atoms with Gasteiger partial charge in [-0.25, -0.2) is 19.2 Å². The third kappa shape index (κ3) is 17.9. The first-order chi connectivity index (χ1) is 42.9. The first kappa shape index (κ1) is 78.4. The predicted octanol–water partition coefficient (Wildman–Crippen LogP) is 2.42. The summed E-state index contributed by atoms with van der Waals surface area (Å²) in [6, 6.07) is -7.72. The van der Waals surface area contributed by atoms with Crippen molar-refractivity contribution in [2.24, 2.45) is 68.0 Å². The van der Waals surface area contributed by atoms with E-state index < -0.39 is 124 Å². The highest BCUT2D eigenvalue weighted by atomic mass is 16.4. The van der Waals surface area contributed by atoms with Gasteiger partial charge in [-0.15, -0.1) is 13.2 Å². The molecule has 4 unspecified atom stereocenters. The maximum atomic E-state index is 13.7. The molecule has 3 aliphatic heterocycles. The van der Waals surface area contributed by atoms with E-state index in [9.17, 15) is 68.1 Å². The lowest BCUT2D eigenvalue weighted by molar-refractivity contribution is -0.152. The van der Waals surface area contributed by atoms with Crippen LogP contribution in [0.25, 0.3) is 0 Å². The van der Waals surface area contributed by atoms with E-state index in [1.165, 1.54) is 38.2 Å². The molecule has 6 rings (SSSR count). The van der Waals surface area contributed by atoms with E-state index >= 15 is 0 Å². The number of piperidine rings is 3. The molecule has 526 valence electrons. The standard InChI is InChI=1S/2C25H43N5O5.C16H27N3O4/c2*1-9-11-15(18(31)21(33)27-12-10-2)28-20(32)17-16-14(25(16,6)7)13-30(17)22(34)19(24(3,4)5)29-23(35)26-8;1-15(2,3)11(18-14(23)17-6)12(20)19-7-8-9(16(8,4)5)10(19)13(21)22/h2*10,14-19,31H,2,9,11-13H2,1,3-8H3,(H,27,33)(H,28,32)(H2,26,29,35);8-11H,7H2,1-6H3,(H,21,22)(H2,17,18,23)/t2*14-,15?,16-,17-,18?,19+;8-,9-,10-,11+/m000/s1. The molecule has 27 heteroatoms. The highest BCUT2D eigenvalue weighted by Gasteiger charge is 2.72. The second kappa shape index (κ2) is 30.6. The monoisotopic (exact) mass is 1310 g/mol. The number of likely N-dealkylation sites (tertiary alicyclic amines) is 3. The van der Waals surface area contributed by atoms with Crippen molar-refractivity contribution in [3.8, 4) is 0 Å². The Morgan fingerprint density at radius 3 is 0.957 bits per heavy atom. The van der Waals surface area contributed by atoms with Gasteiger partial charge in [-0.05, 0) is 74.9 Å². The van der Waals surface area contributed by atoms with Gasteiger partial charge in [0.05, 0.1) is 12.1 Å². The summed E-state index contributed by atoms with van der Waals surface area (Å²) in [5.74, 6) is -3.44. The fraction of sp³-hybridized carbons (Fsp3) is 0.773. The number of carbonyl (C=O) groups excluding carboxylic acids is 10. The Morgan fingerprint density at radius 1 is 0.473 bits per heavy atom. The number of carbonyl (C=O) groups is 11. The molecule has 0 aromatic heterocycles. The number of carboxylic acid groups (broad SMARTS) is 1. The highest BCUT2D eigenvalue weighted by Crippen LogP contribution is 2.67. The van der Waals surface area contributed by atoms with Crippen LogP contribution >= 0.6 is 0 Å². The Morgan fingerprint density at radius 2 is 0.731 bits per heavy atom. The van der Waals surface area contributed by atoms with E-state index in [1.807, 2.05) is 90.0 Å². The fourth-order valence-corrected chi connectivity index (χ4v) is 14.2. The molecule has 3 saturated heterocycles. The van der Waals surface area contributed by atoms with E-state index in [4.69, 9.17) is 0 Å². The predicted molar refractivity (Wildman–Crippen MR) is 351 cm³/mol. The number of hydrogen-bond donors (Lipinski definition) is 13. The molecule has 0 aromatic rings. The third-order valence-corrected chi connectivity index (χ3v) is 20.1. The van der Waals surface area contributed by atoms with Crippen molar-refractivity contribution in [2.75, 3.05) is 53.9 Å². The van der Waals surface area contributed by atoms with Crippen molar-refractivity contribution in [3.63, 3.8) is 0 Å². The van der Waals surface area contributed by atoms with Crippen LogP contribution in [0.2, 0.25) is 0 Å². The summed E-state index contributed by atoms with van der Waals surface area (Å²) in [6.45, 7) is 41.7. The van der Waals surface area contributed by atoms with E-state index in [-0.39, 0.29) is 82.6 Å². The summed E-state index contributed by atoms with van der Waals surface area (Å²) >= 11 is 0. The molecule has 0 bridgehead atoms. The maximum absolute atomic E-state index is 13.7. The smallest absolute Gasteiger partial charge is 0.326 e. The molecule has 0 spiro atoms. The maximum Gasteiger partial charge on any atom is 0.326 e. The van der Waals surface area contributed by atoms with Crippen molar-refractivity contribution >= 4 is 65.4 Å². The summed E-state index contributed by atoms with van der Waals surface area (Å²) in [5.41, 5.74) is -1.94. The molecular formula is C66H113N13O14. The van der Waals surface area contributed by atoms with Crippen LogP contribution in [-0.2, 0) is 38.4 Å². The van der Waals surface area contributed by atoms with Gasteiger partial charge in [0, 0.05) is 59.8 Å². The van der Waals surface area contributed by atoms with Crippen LogP contribution in [-0.4, -0.2) is 210 Å². The number of urea groups is 3. The van der Waals surface area contributed by atoms with Crippen LogP contribution in [0.4, 0.5) is 14.4 Å². The van der Waals surface area contributed by atoms with Gasteiger partial charge in [0.25, 0.3) is 11.8 Å². The molecule has 13 N–H and O–H groups in total. The quantitative estimate of drug-likeness (QED) is 0.0654. The zero-order valence-electron chi connectivity index (χ0n) is 58.8. The van der Waals surface area contributed by atoms with Crippen LogP contribution in [0, 0.1) is 68.0 Å². The fourth-order valence-electron chi connectivity index (χ4n) is 14.2. The van der Waals surface area contributed by atoms with Gasteiger partial charge < -0.3 is 83.2 Å². The highest BCUT2D eigenvalue weighted by molar-refractivity contribution is 5.96. The average molecular weight is 1310 g/mol. The van der Waals surface area contributed by atoms with Crippen molar-refractivity contribution in [1.82, 2.24) is 67.9 Å². The van der Waals surface area contributed by atoms with E-state index in [0.717, 1.165) is 0 Å². The number of aliphatic hydroxyl groups excluding tert-OH is 2. The van der Waals surface area contributed by atoms with Gasteiger partial charge in [0.15, 0.2) is 12.2 Å². The molecule has 3 saturated carbocycles. The minimum Gasteiger partial charge on any atom is -0.480 e. The molecular weight excluding hydrogens is 1200 g/mol. The number of amides is 13. The van der Waals surface area contributed by atoms with Crippen LogP contribution in [0.5, 0.6) is 0 Å². The van der Waals surface area contributed by atoms with E-state index in [0.29, 0.717) is 45.3 Å². The van der Waals surface area contributed by atoms with Crippen molar-refractivity contribution in [2.45, 2.75) is 204 Å². The molecule has 0 radical (unpaired) electrons. The van der Waals surface area contributed by atoms with Gasteiger partial charge in [-0.2, -0.15) is 0 Å². The normalized spacial score (nSPS) is 26.0. The van der Waals surface area contributed by atoms with Gasteiger partial charge in [0.2, 0.25) is 29.5 Å². The Kier molecular flexibility index (Phi) is 25.8. The van der Waals surface area contributed by atoms with Crippen LogP contribution in [0.3, 0.4) is 0 Å². The summed E-state index contributed by atoms with van der Waals surface area (Å²) in [4.78, 5) is 144. The minimum absolute atomic E-state index is 0.00966. The van der Waals surface area contributed by atoms with Crippen molar-refractivity contribution < 1.29 is 68.1 Å². The Labute approximate surface area is 550 Å². The number of fused-ring (bicyclic) bond motifs is 3. The van der Waals surface area contributed by atoms with E-state index in [1.54, 1.807) is 9.80 Å². The molecule has 0 aromatic carbocycles. The van der Waals surface area contributed by atoms with Gasteiger partial charge >= 0.3 is 24.1 Å². The Hall–Kier alpha value is -7.03. The second-order valence-electron chi connectivity index (χ2n) is 30.8. The Balaban J connectivity index is 0.000000304. The molecule has 6 aliphatic rings. The van der Waals surface area contributed by atoms with Crippen LogP contribution in [0.15, 0.2) is 25.3 Å². The zero-order chi connectivity index (χ0) is 71.2. The topological polar surface area (TPSA) is 378 Å². The van der Waals surface area contributed by atoms with Crippen molar-refractivity contribution in [3.05, 3.63) is 25.3 Å². The molecule has 3 heterocycles. The lowest BCUT2D eigenvalue weighted by Crippen LogP contribution is -2.61. The Bertz CT molecular complexity index is 2650. The number of aliphatic carboxylic acids is 1. The largest absolute Gasteiger partial charge is 0.480 e. The molecule has 27 nitrogen and oxygen atoms in total. The summed E-state index contributed by atoms with van der Waals surface area (Å²) in [6.07, 6.45) is 2.24. The third-order valence-electron chi connectivity index (χ3n) is 20.1. The average Bonchev–Trinajstić information content (AvgIpc) is 1.55. The zero-order valence-corrected chi connectivity index (χ0v) is 58.8. The molecule has 6 fully saturated rings. The summed E-state index contributed by atoms with van der Waals surface area (Å²) in [7, 11) is 4.44. The SMILES string of the molecule is C=CCNC(=O)C(O)C(CCC)NC(=O)[C@@H]1[C@@H]2[C@H](CN1C(=O)[C@@H](NC(=O)NC)C(C)(C)C)C2(C)C.C=CCNC(=O)C(O)C(CCC)NC(=O)[C@@H]1[C@@H]2[C@H](CN1C(=O)[C@@H](NC(=O)NC)C(C)(C)C)C2(C)C.CNC(=O)N[C@H](C(=O)N1C[C@H]2[C@@H]([C@H]1C(=O)O)C2(C)C)C(C)(C)C. The molecule has 93 heavy (non-hydrogen) atoms. The minimum atomic E-state index is -1.43. The van der Waals surface area contributed by atoms with Crippen LogP contribution < -0.4 is 53.2 Å². The number of hydrogen-bond acceptors (Lipinski definition) is 13. The lowest BCUT2D eigenvalue weighted by atomic mass is 9.85. The van der Waals surface area contributed by atoms with Crippen molar-refractivity contribution in [1.29, 1.82) is 0 Å². The number of nitrogens with one attached hydrogen (secondary N) is 10. The van der Waals surface area contributed by atoms with E-state index in [2.05, 4.69) is 94.0 Å². The number of rotatable bonds is 23. The summed E-state index contributed by atoms with van der Waals surface area (Å²) < 4.78 is 0. The summed E-state index contributed by atoms with van der Waals surface area (Å²) in [5, 5.41) is 57.2. The lowest BCUT2D eigenvalue weighted by Gasteiger charge is -2.38. The molecule has 13 amide bonds. The van der Waals surface area contributed by atoms with Gasteiger partial charge in [0.1, 0.15) is 36.3 Å². The van der Waals surface area contributed by atoms with Gasteiger partial charge in [-0.1, -0.05) is 143 Å². The van der Waals surface area contributed by atoms with Crippen LogP contribution in [0.1, 0.15) is 143 Å². The first-order valence-electron chi connectivity index (χ1n) is 32.7. The number of carboxylic acids is 1. The van der Waals surface area contributed by atoms with Gasteiger partial charge in [-0.3, -0.25) is 33.6 Å². The second-order valence-corrected chi connectivity index (χ2v) is 30.8. The number of aliphatic hydroxyl groups is 2. The first-order valence-corrected chi connectivity index (χ1v) is 32.7. The molecule has 16 atom stereocenters. The number of nitrogens with zero attached hydrogens (tertiary/aromatic N) is 3.